The summed E-state index contributed by atoms with van der Waals surface area (Å²) in [5.41, 5.74) is 3.20. The van der Waals surface area contributed by atoms with Crippen molar-refractivity contribution in [3.05, 3.63) is 82.2 Å². The van der Waals surface area contributed by atoms with E-state index in [0.717, 1.165) is 41.8 Å². The summed E-state index contributed by atoms with van der Waals surface area (Å²) in [5, 5.41) is 6.10. The van der Waals surface area contributed by atoms with Crippen molar-refractivity contribution in [2.24, 2.45) is 7.05 Å². The van der Waals surface area contributed by atoms with Gasteiger partial charge in [0.15, 0.2) is 10.9 Å². The fourth-order valence-corrected chi connectivity index (χ4v) is 5.41. The van der Waals surface area contributed by atoms with Crippen molar-refractivity contribution in [1.82, 2.24) is 9.55 Å². The summed E-state index contributed by atoms with van der Waals surface area (Å²) in [6.45, 7) is 1.80. The van der Waals surface area contributed by atoms with Crippen molar-refractivity contribution in [2.45, 2.75) is 23.9 Å². The normalized spacial score (nSPS) is 13.3. The van der Waals surface area contributed by atoms with Crippen molar-refractivity contribution in [3.63, 3.8) is 0 Å². The number of aryl methyl sites for hydroxylation is 1. The van der Waals surface area contributed by atoms with E-state index < -0.39 is 0 Å². The van der Waals surface area contributed by atoms with Gasteiger partial charge in [0, 0.05) is 37.4 Å². The van der Waals surface area contributed by atoms with Crippen LogP contribution in [0.3, 0.4) is 0 Å². The molecule has 1 amide bonds. The first-order valence-electron chi connectivity index (χ1n) is 10.1. The molecule has 0 aliphatic carbocycles. The number of furan rings is 1. The Morgan fingerprint density at radius 3 is 3.03 bits per heavy atom. The quantitative estimate of drug-likeness (QED) is 0.410. The summed E-state index contributed by atoms with van der Waals surface area (Å²) >= 11 is 3.40. The number of hydrogen-bond acceptors (Lipinski definition) is 6. The number of imidazole rings is 1. The number of rotatable bonds is 6. The Morgan fingerprint density at radius 1 is 1.26 bits per heavy atom. The average molecular weight is 451 g/mol. The van der Waals surface area contributed by atoms with Crippen LogP contribution in [0.5, 0.6) is 0 Å². The second-order valence-electron chi connectivity index (χ2n) is 7.39. The summed E-state index contributed by atoms with van der Waals surface area (Å²) in [6, 6.07) is 13.7. The number of thiophene rings is 1. The van der Waals surface area contributed by atoms with Crippen molar-refractivity contribution >= 4 is 40.4 Å². The molecular formula is C23H22N4O2S2. The molecule has 1 aromatic carbocycles. The van der Waals surface area contributed by atoms with E-state index in [1.165, 1.54) is 10.4 Å². The van der Waals surface area contributed by atoms with Crippen LogP contribution in [0.4, 0.5) is 11.4 Å². The van der Waals surface area contributed by atoms with E-state index >= 15 is 0 Å². The number of nitrogens with zero attached hydrogens (tertiary/aromatic N) is 3. The van der Waals surface area contributed by atoms with Crippen LogP contribution in [0.2, 0.25) is 0 Å². The second kappa shape index (κ2) is 8.64. The van der Waals surface area contributed by atoms with E-state index in [-0.39, 0.29) is 5.91 Å². The number of benzene rings is 1. The molecule has 0 unspecified atom stereocenters. The number of fused-ring (bicyclic) bond motifs is 1. The molecule has 3 aromatic heterocycles. The summed E-state index contributed by atoms with van der Waals surface area (Å²) in [7, 11) is 1.95. The maximum absolute atomic E-state index is 12.9. The molecule has 1 N–H and O–H groups in total. The van der Waals surface area contributed by atoms with Crippen molar-refractivity contribution in [2.75, 3.05) is 16.8 Å². The molecule has 0 saturated heterocycles. The van der Waals surface area contributed by atoms with Gasteiger partial charge in [-0.2, -0.15) is 0 Å². The number of nitrogens with one attached hydrogen (secondary N) is 1. The highest BCUT2D eigenvalue weighted by atomic mass is 32.2. The third kappa shape index (κ3) is 4.26. The van der Waals surface area contributed by atoms with Gasteiger partial charge in [-0.15, -0.1) is 11.3 Å². The van der Waals surface area contributed by atoms with Gasteiger partial charge in [-0.05, 0) is 47.7 Å². The van der Waals surface area contributed by atoms with E-state index in [9.17, 15) is 4.79 Å². The highest BCUT2D eigenvalue weighted by molar-refractivity contribution is 7.98. The predicted molar refractivity (Wildman–Crippen MR) is 125 cm³/mol. The highest BCUT2D eigenvalue weighted by Gasteiger charge is 2.21. The number of hydrogen-bond donors (Lipinski definition) is 1. The number of para-hydroxylation sites is 2. The fourth-order valence-electron chi connectivity index (χ4n) is 3.70. The van der Waals surface area contributed by atoms with Gasteiger partial charge in [0.2, 0.25) is 0 Å². The largest absolute Gasteiger partial charge is 0.455 e. The van der Waals surface area contributed by atoms with E-state index in [0.29, 0.717) is 11.5 Å². The minimum Gasteiger partial charge on any atom is -0.455 e. The van der Waals surface area contributed by atoms with Gasteiger partial charge in [0.05, 0.1) is 17.1 Å². The lowest BCUT2D eigenvalue weighted by Crippen LogP contribution is -2.30. The predicted octanol–water partition coefficient (Wildman–Crippen LogP) is 5.18. The van der Waals surface area contributed by atoms with E-state index in [4.69, 9.17) is 4.42 Å². The molecule has 1 aliphatic rings. The molecule has 8 heteroatoms. The smallest absolute Gasteiger partial charge is 0.291 e. The molecule has 0 atom stereocenters. The Bertz CT molecular complexity index is 1210. The van der Waals surface area contributed by atoms with E-state index in [1.807, 2.05) is 53.4 Å². The minimum atomic E-state index is -0.242. The van der Waals surface area contributed by atoms with Crippen LogP contribution in [-0.4, -0.2) is 22.0 Å². The Balaban J connectivity index is 1.27. The van der Waals surface area contributed by atoms with E-state index in [1.54, 1.807) is 24.0 Å². The van der Waals surface area contributed by atoms with Crippen LogP contribution in [0.15, 0.2) is 69.8 Å². The first-order chi connectivity index (χ1) is 15.2. The Labute approximate surface area is 188 Å². The second-order valence-corrected chi connectivity index (χ2v) is 9.33. The molecule has 6 nitrogen and oxygen atoms in total. The highest BCUT2D eigenvalue weighted by Crippen LogP contribution is 2.32. The SMILES string of the molecule is Cn1ccnc1SCc1ccc(C(=O)Nc2ccccc2N2CCc3sccc3C2)o1. The van der Waals surface area contributed by atoms with Crippen LogP contribution in [0.25, 0.3) is 0 Å². The number of carbonyl (C=O) groups excluding carboxylic acids is 1. The topological polar surface area (TPSA) is 63.3 Å². The zero-order valence-electron chi connectivity index (χ0n) is 17.1. The zero-order chi connectivity index (χ0) is 21.2. The number of amides is 1. The first-order valence-corrected chi connectivity index (χ1v) is 11.9. The third-order valence-corrected chi connectivity index (χ3v) is 7.41. The Kier molecular flexibility index (Phi) is 5.57. The molecule has 4 aromatic rings. The summed E-state index contributed by atoms with van der Waals surface area (Å²) < 4.78 is 7.75. The first kappa shape index (κ1) is 20.0. The van der Waals surface area contributed by atoms with Gasteiger partial charge in [-0.25, -0.2) is 4.98 Å². The molecule has 0 bridgehead atoms. The molecular weight excluding hydrogens is 428 g/mol. The molecule has 0 fully saturated rings. The van der Waals surface area contributed by atoms with E-state index in [2.05, 4.69) is 32.7 Å². The Morgan fingerprint density at radius 2 is 2.16 bits per heavy atom. The number of carbonyl (C=O) groups is 1. The lowest BCUT2D eigenvalue weighted by molar-refractivity contribution is 0.0995. The van der Waals surface area contributed by atoms with Crippen LogP contribution in [0, 0.1) is 0 Å². The van der Waals surface area contributed by atoms with Crippen LogP contribution in [0.1, 0.15) is 26.8 Å². The van der Waals surface area contributed by atoms with Gasteiger partial charge >= 0.3 is 0 Å². The number of aromatic nitrogens is 2. The lowest BCUT2D eigenvalue weighted by Gasteiger charge is -2.30. The average Bonchev–Trinajstić information content (AvgIpc) is 3.53. The molecule has 1 aliphatic heterocycles. The molecule has 4 heterocycles. The maximum atomic E-state index is 12.9. The summed E-state index contributed by atoms with van der Waals surface area (Å²) in [5.74, 6) is 1.43. The Hall–Kier alpha value is -2.97. The zero-order valence-corrected chi connectivity index (χ0v) is 18.7. The summed E-state index contributed by atoms with van der Waals surface area (Å²) in [6.07, 6.45) is 4.70. The fraction of sp³-hybridized carbons (Fsp3) is 0.217. The van der Waals surface area contributed by atoms with Gasteiger partial charge in [-0.1, -0.05) is 23.9 Å². The van der Waals surface area contributed by atoms with Crippen LogP contribution >= 0.6 is 23.1 Å². The standard InChI is InChI=1S/C23H22N4O2S2/c1-26-12-10-24-23(26)31-15-17-6-7-20(29-17)22(28)25-18-4-2-3-5-19(18)27-11-8-21-16(14-27)9-13-30-21/h2-7,9-10,12-13H,8,11,14-15H2,1H3,(H,25,28). The maximum Gasteiger partial charge on any atom is 0.291 e. The van der Waals surface area contributed by atoms with Gasteiger partial charge < -0.3 is 19.2 Å². The monoisotopic (exact) mass is 450 g/mol. The lowest BCUT2D eigenvalue weighted by atomic mass is 10.1. The minimum absolute atomic E-state index is 0.242. The van der Waals surface area contributed by atoms with Gasteiger partial charge in [-0.3, -0.25) is 4.79 Å². The van der Waals surface area contributed by atoms with Crippen LogP contribution in [-0.2, 0) is 25.8 Å². The molecule has 31 heavy (non-hydrogen) atoms. The number of anilines is 2. The summed E-state index contributed by atoms with van der Waals surface area (Å²) in [4.78, 5) is 20.9. The van der Waals surface area contributed by atoms with Crippen molar-refractivity contribution in [3.8, 4) is 0 Å². The van der Waals surface area contributed by atoms with Gasteiger partial charge in [0.1, 0.15) is 5.76 Å². The molecule has 0 saturated carbocycles. The van der Waals surface area contributed by atoms with Gasteiger partial charge in [0.25, 0.3) is 5.91 Å². The molecule has 158 valence electrons. The van der Waals surface area contributed by atoms with Crippen molar-refractivity contribution < 1.29 is 9.21 Å². The number of thioether (sulfide) groups is 1. The molecule has 0 spiro atoms. The third-order valence-electron chi connectivity index (χ3n) is 5.31. The van der Waals surface area contributed by atoms with Crippen LogP contribution < -0.4 is 10.2 Å². The molecule has 5 rings (SSSR count). The molecule has 0 radical (unpaired) electrons. The van der Waals surface area contributed by atoms with Crippen molar-refractivity contribution in [1.29, 1.82) is 0 Å².